The van der Waals surface area contributed by atoms with Crippen LogP contribution in [0.5, 0.6) is 0 Å². The lowest BCUT2D eigenvalue weighted by atomic mass is 9.92. The fourth-order valence-corrected chi connectivity index (χ4v) is 4.66. The van der Waals surface area contributed by atoms with Gasteiger partial charge in [0.1, 0.15) is 0 Å². The van der Waals surface area contributed by atoms with Crippen molar-refractivity contribution in [1.82, 2.24) is 0 Å². The van der Waals surface area contributed by atoms with E-state index in [2.05, 4.69) is 20.8 Å². The molecule has 0 bridgehead atoms. The molecule has 2 aliphatic carbocycles. The summed E-state index contributed by atoms with van der Waals surface area (Å²) in [4.78, 5) is 0. The summed E-state index contributed by atoms with van der Waals surface area (Å²) in [5.41, 5.74) is -0.0133. The first kappa shape index (κ1) is 16.3. The van der Waals surface area contributed by atoms with Gasteiger partial charge in [0, 0.05) is 5.92 Å². The minimum absolute atomic E-state index is 0.0133. The lowest BCUT2D eigenvalue weighted by Gasteiger charge is -2.34. The monoisotopic (exact) mass is 282 g/mol. The van der Waals surface area contributed by atoms with Crippen molar-refractivity contribution in [3.63, 3.8) is 0 Å². The first-order chi connectivity index (χ1) is 9.64. The summed E-state index contributed by atoms with van der Waals surface area (Å²) in [7, 11) is 0. The average Bonchev–Trinajstić information content (AvgIpc) is 3.06. The van der Waals surface area contributed by atoms with Gasteiger partial charge in [0.05, 0.1) is 5.60 Å². The molecule has 0 saturated heterocycles. The normalized spacial score (nSPS) is 34.5. The van der Waals surface area contributed by atoms with E-state index in [0.29, 0.717) is 11.8 Å². The summed E-state index contributed by atoms with van der Waals surface area (Å²) < 4.78 is 6.25. The summed E-state index contributed by atoms with van der Waals surface area (Å²) in [6.07, 6.45) is 11.6. The van der Waals surface area contributed by atoms with Crippen molar-refractivity contribution >= 4 is 0 Å². The zero-order chi connectivity index (χ0) is 14.6. The summed E-state index contributed by atoms with van der Waals surface area (Å²) in [5, 5.41) is 10.7. The van der Waals surface area contributed by atoms with Crippen LogP contribution in [0.25, 0.3) is 0 Å². The number of rotatable bonds is 7. The molecule has 2 nitrogen and oxygen atoms in total. The van der Waals surface area contributed by atoms with Crippen LogP contribution in [-0.4, -0.2) is 17.0 Å². The fourth-order valence-electron chi connectivity index (χ4n) is 4.66. The predicted octanol–water partition coefficient (Wildman–Crippen LogP) is 4.90. The number of aliphatic hydroxyl groups is 1. The van der Waals surface area contributed by atoms with E-state index in [-0.39, 0.29) is 5.60 Å². The van der Waals surface area contributed by atoms with Crippen molar-refractivity contribution in [1.29, 1.82) is 0 Å². The molecule has 0 amide bonds. The topological polar surface area (TPSA) is 29.5 Å². The Kier molecular flexibility index (Phi) is 5.92. The molecule has 2 rings (SSSR count). The third kappa shape index (κ3) is 3.57. The molecule has 4 atom stereocenters. The predicted molar refractivity (Wildman–Crippen MR) is 83.5 cm³/mol. The van der Waals surface area contributed by atoms with Crippen LogP contribution < -0.4 is 0 Å². The van der Waals surface area contributed by atoms with Crippen LogP contribution in [0.2, 0.25) is 0 Å². The summed E-state index contributed by atoms with van der Waals surface area (Å²) in [5.74, 6) is 1.85. The van der Waals surface area contributed by atoms with Gasteiger partial charge in [0.2, 0.25) is 0 Å². The molecule has 1 N–H and O–H groups in total. The second kappa shape index (κ2) is 7.26. The standard InChI is InChI=1S/C18H34O2/c1-4-9-14-12-15(5-2)16(13-14)17(19)20-18(6-3)10-7-8-11-18/h14-17,19H,4-13H2,1-3H3. The number of hydrogen-bond acceptors (Lipinski definition) is 2. The van der Waals surface area contributed by atoms with Gasteiger partial charge < -0.3 is 9.84 Å². The zero-order valence-corrected chi connectivity index (χ0v) is 13.7. The number of ether oxygens (including phenoxy) is 1. The maximum atomic E-state index is 10.7. The Bertz CT molecular complexity index is 283. The van der Waals surface area contributed by atoms with Crippen LogP contribution in [0.4, 0.5) is 0 Å². The highest BCUT2D eigenvalue weighted by molar-refractivity contribution is 4.89. The molecule has 4 unspecified atom stereocenters. The molecule has 2 fully saturated rings. The average molecular weight is 282 g/mol. The van der Waals surface area contributed by atoms with Gasteiger partial charge in [-0.25, -0.2) is 0 Å². The third-order valence-electron chi connectivity index (χ3n) is 5.96. The van der Waals surface area contributed by atoms with Crippen molar-refractivity contribution in [3.8, 4) is 0 Å². The molecule has 2 aliphatic rings. The van der Waals surface area contributed by atoms with E-state index in [1.165, 1.54) is 44.9 Å². The third-order valence-corrected chi connectivity index (χ3v) is 5.96. The molecule has 0 radical (unpaired) electrons. The lowest BCUT2D eigenvalue weighted by Crippen LogP contribution is -2.38. The molecule has 0 aromatic rings. The van der Waals surface area contributed by atoms with E-state index in [9.17, 15) is 5.11 Å². The Morgan fingerprint density at radius 2 is 1.85 bits per heavy atom. The van der Waals surface area contributed by atoms with E-state index < -0.39 is 6.29 Å². The van der Waals surface area contributed by atoms with Crippen LogP contribution in [0.1, 0.15) is 85.0 Å². The molecule has 0 aromatic carbocycles. The Hall–Kier alpha value is -0.0800. The van der Waals surface area contributed by atoms with Crippen LogP contribution in [0.15, 0.2) is 0 Å². The van der Waals surface area contributed by atoms with E-state index in [4.69, 9.17) is 4.74 Å². The van der Waals surface area contributed by atoms with Gasteiger partial charge in [-0.2, -0.15) is 0 Å². The van der Waals surface area contributed by atoms with Crippen molar-refractivity contribution in [2.45, 2.75) is 96.9 Å². The van der Waals surface area contributed by atoms with Crippen LogP contribution >= 0.6 is 0 Å². The van der Waals surface area contributed by atoms with Crippen LogP contribution in [0, 0.1) is 17.8 Å². The van der Waals surface area contributed by atoms with Gasteiger partial charge >= 0.3 is 0 Å². The number of aliphatic hydroxyl groups excluding tert-OH is 1. The Labute approximate surface area is 125 Å². The largest absolute Gasteiger partial charge is 0.368 e. The molecule has 118 valence electrons. The molecule has 20 heavy (non-hydrogen) atoms. The summed E-state index contributed by atoms with van der Waals surface area (Å²) in [6, 6.07) is 0. The van der Waals surface area contributed by atoms with E-state index in [1.54, 1.807) is 0 Å². The minimum atomic E-state index is -0.528. The van der Waals surface area contributed by atoms with Gasteiger partial charge in [-0.05, 0) is 43.9 Å². The molecule has 0 aliphatic heterocycles. The maximum Gasteiger partial charge on any atom is 0.158 e. The fraction of sp³-hybridized carbons (Fsp3) is 1.00. The highest BCUT2D eigenvalue weighted by Gasteiger charge is 2.42. The SMILES string of the molecule is CCCC1CC(CC)C(C(O)OC2(CC)CCCC2)C1. The van der Waals surface area contributed by atoms with E-state index in [0.717, 1.165) is 25.2 Å². The highest BCUT2D eigenvalue weighted by atomic mass is 16.6. The van der Waals surface area contributed by atoms with Gasteiger partial charge in [0.25, 0.3) is 0 Å². The van der Waals surface area contributed by atoms with E-state index >= 15 is 0 Å². The molecular formula is C18H34O2. The molecule has 0 aromatic heterocycles. The van der Waals surface area contributed by atoms with Crippen molar-refractivity contribution in [2.75, 3.05) is 0 Å². The van der Waals surface area contributed by atoms with Gasteiger partial charge in [-0.15, -0.1) is 0 Å². The quantitative estimate of drug-likeness (QED) is 0.673. The minimum Gasteiger partial charge on any atom is -0.368 e. The zero-order valence-electron chi connectivity index (χ0n) is 13.7. The van der Waals surface area contributed by atoms with Crippen molar-refractivity contribution < 1.29 is 9.84 Å². The summed E-state index contributed by atoms with van der Waals surface area (Å²) >= 11 is 0. The first-order valence-electron chi connectivity index (χ1n) is 9.00. The number of hydrogen-bond donors (Lipinski definition) is 1. The molecular weight excluding hydrogens is 248 g/mol. The van der Waals surface area contributed by atoms with Crippen LogP contribution in [-0.2, 0) is 4.74 Å². The van der Waals surface area contributed by atoms with Gasteiger partial charge in [0.15, 0.2) is 6.29 Å². The van der Waals surface area contributed by atoms with Gasteiger partial charge in [-0.1, -0.05) is 52.9 Å². The van der Waals surface area contributed by atoms with Crippen molar-refractivity contribution in [2.24, 2.45) is 17.8 Å². The second-order valence-corrected chi connectivity index (χ2v) is 7.21. The highest BCUT2D eigenvalue weighted by Crippen LogP contribution is 2.45. The smallest absolute Gasteiger partial charge is 0.158 e. The van der Waals surface area contributed by atoms with E-state index in [1.807, 2.05) is 0 Å². The van der Waals surface area contributed by atoms with Crippen LogP contribution in [0.3, 0.4) is 0 Å². The Morgan fingerprint density at radius 1 is 1.15 bits per heavy atom. The Morgan fingerprint density at radius 3 is 2.40 bits per heavy atom. The summed E-state index contributed by atoms with van der Waals surface area (Å²) in [6.45, 7) is 6.75. The molecule has 2 saturated carbocycles. The maximum absolute atomic E-state index is 10.7. The molecule has 0 spiro atoms. The Balaban J connectivity index is 1.94. The lowest BCUT2D eigenvalue weighted by molar-refractivity contribution is -0.214. The molecule has 0 heterocycles. The first-order valence-corrected chi connectivity index (χ1v) is 9.00. The second-order valence-electron chi connectivity index (χ2n) is 7.21. The van der Waals surface area contributed by atoms with Crippen molar-refractivity contribution in [3.05, 3.63) is 0 Å². The van der Waals surface area contributed by atoms with Gasteiger partial charge in [-0.3, -0.25) is 0 Å². The molecule has 2 heteroatoms.